The van der Waals surface area contributed by atoms with Gasteiger partial charge in [-0.2, -0.15) is 0 Å². The fourth-order valence-corrected chi connectivity index (χ4v) is 1.26. The van der Waals surface area contributed by atoms with Gasteiger partial charge >= 0.3 is 5.97 Å². The average molecular weight is 208 g/mol. The third kappa shape index (κ3) is 6.86. The van der Waals surface area contributed by atoms with Gasteiger partial charge in [-0.15, -0.1) is 0 Å². The number of hydrogen-bond acceptors (Lipinski definition) is 4. The first kappa shape index (κ1) is 12.7. The molecule has 0 rings (SSSR count). The van der Waals surface area contributed by atoms with E-state index in [9.17, 15) is 14.5 Å². The van der Waals surface area contributed by atoms with Crippen molar-refractivity contribution >= 4 is 17.1 Å². The molecule has 0 aliphatic rings. The quantitative estimate of drug-likeness (QED) is 0.512. The molecular weight excluding hydrogens is 192 g/mol. The molecule has 0 spiro atoms. The van der Waals surface area contributed by atoms with Crippen molar-refractivity contribution in [2.45, 2.75) is 32.5 Å². The van der Waals surface area contributed by atoms with Crippen LogP contribution in [0.15, 0.2) is 0 Å². The maximum atomic E-state index is 11.0. The number of carbonyl (C=O) groups is 1. The van der Waals surface area contributed by atoms with Crippen LogP contribution in [0.5, 0.6) is 0 Å². The van der Waals surface area contributed by atoms with E-state index >= 15 is 0 Å². The van der Waals surface area contributed by atoms with Crippen LogP contribution in [-0.4, -0.2) is 39.8 Å². The van der Waals surface area contributed by atoms with Gasteiger partial charge in [-0.05, 0) is 13.8 Å². The molecule has 0 amide bonds. The van der Waals surface area contributed by atoms with Gasteiger partial charge in [0, 0.05) is 6.42 Å². The Labute approximate surface area is 81.5 Å². The van der Waals surface area contributed by atoms with Crippen molar-refractivity contribution in [2.75, 3.05) is 12.0 Å². The second-order valence-electron chi connectivity index (χ2n) is 3.07. The molecule has 0 aliphatic heterocycles. The topological polar surface area (TPSA) is 69.6 Å². The minimum absolute atomic E-state index is 0.189. The Kier molecular flexibility index (Phi) is 6.11. The third-order valence-electron chi connectivity index (χ3n) is 1.30. The Morgan fingerprint density at radius 2 is 2.15 bits per heavy atom. The third-order valence-corrected chi connectivity index (χ3v) is 2.11. The highest BCUT2D eigenvalue weighted by Gasteiger charge is 2.19. The average Bonchev–Trinajstić information content (AvgIpc) is 1.98. The molecule has 0 bridgehead atoms. The highest BCUT2D eigenvalue weighted by molar-refractivity contribution is 7.90. The van der Waals surface area contributed by atoms with Gasteiger partial charge in [-0.3, -0.25) is 0 Å². The highest BCUT2D eigenvalue weighted by Crippen LogP contribution is 2.00. The summed E-state index contributed by atoms with van der Waals surface area (Å²) in [5.41, 5.74) is 0. The van der Waals surface area contributed by atoms with Crippen molar-refractivity contribution in [3.8, 4) is 0 Å². The van der Waals surface area contributed by atoms with Crippen LogP contribution in [0, 0.1) is 0 Å². The largest absolute Gasteiger partial charge is 0.617 e. The first-order valence-electron chi connectivity index (χ1n) is 4.12. The molecule has 0 saturated heterocycles. The summed E-state index contributed by atoms with van der Waals surface area (Å²) in [7, 11) is 0. The number of ether oxygens (including phenoxy) is 1. The Morgan fingerprint density at radius 1 is 1.62 bits per heavy atom. The second kappa shape index (κ2) is 6.23. The van der Waals surface area contributed by atoms with Gasteiger partial charge in [0.25, 0.3) is 0 Å². The van der Waals surface area contributed by atoms with Crippen LogP contribution >= 0.6 is 0 Å². The SMILES string of the molecule is CC(C)OC(=O)C(O)CC[S+](C)[O-]. The van der Waals surface area contributed by atoms with Crippen molar-refractivity contribution in [1.82, 2.24) is 0 Å². The van der Waals surface area contributed by atoms with Gasteiger partial charge in [0.05, 0.1) is 12.4 Å². The van der Waals surface area contributed by atoms with Gasteiger partial charge in [-0.25, -0.2) is 4.79 Å². The predicted molar refractivity (Wildman–Crippen MR) is 50.8 cm³/mol. The lowest BCUT2D eigenvalue weighted by Crippen LogP contribution is -2.27. The number of esters is 1. The molecule has 4 nitrogen and oxygen atoms in total. The lowest BCUT2D eigenvalue weighted by atomic mass is 10.3. The molecule has 0 aromatic carbocycles. The monoisotopic (exact) mass is 208 g/mol. The summed E-state index contributed by atoms with van der Waals surface area (Å²) in [4.78, 5) is 11.0. The minimum Gasteiger partial charge on any atom is -0.617 e. The minimum atomic E-state index is -1.15. The van der Waals surface area contributed by atoms with Crippen LogP contribution in [0.3, 0.4) is 0 Å². The van der Waals surface area contributed by atoms with Crippen LogP contribution in [-0.2, 0) is 20.7 Å². The van der Waals surface area contributed by atoms with Gasteiger partial charge in [0.15, 0.2) is 6.10 Å². The standard InChI is InChI=1S/C8H16O4S/c1-6(2)12-8(10)7(9)4-5-13(3)11/h6-7,9H,4-5H2,1-3H3. The molecule has 1 N–H and O–H groups in total. The van der Waals surface area contributed by atoms with E-state index in [2.05, 4.69) is 0 Å². The Hall–Kier alpha value is -0.260. The molecule has 0 fully saturated rings. The van der Waals surface area contributed by atoms with E-state index in [1.807, 2.05) is 0 Å². The summed E-state index contributed by atoms with van der Waals surface area (Å²) in [6.45, 7) is 3.42. The molecular formula is C8H16O4S. The molecule has 0 aromatic rings. The summed E-state index contributed by atoms with van der Waals surface area (Å²) < 4.78 is 15.4. The van der Waals surface area contributed by atoms with Gasteiger partial charge < -0.3 is 14.4 Å². The fourth-order valence-electron chi connectivity index (χ4n) is 0.706. The highest BCUT2D eigenvalue weighted by atomic mass is 32.2. The van der Waals surface area contributed by atoms with E-state index in [0.717, 1.165) is 0 Å². The lowest BCUT2D eigenvalue weighted by Gasteiger charge is -2.13. The molecule has 2 atom stereocenters. The van der Waals surface area contributed by atoms with E-state index < -0.39 is 23.2 Å². The Balaban J connectivity index is 3.69. The summed E-state index contributed by atoms with van der Waals surface area (Å²) in [5, 5.41) is 9.21. The summed E-state index contributed by atoms with van der Waals surface area (Å²) in [5.74, 6) is -0.325. The van der Waals surface area contributed by atoms with E-state index in [1.54, 1.807) is 13.8 Å². The normalized spacial score (nSPS) is 15.5. The van der Waals surface area contributed by atoms with Crippen molar-refractivity contribution < 1.29 is 19.2 Å². The zero-order valence-electron chi connectivity index (χ0n) is 8.15. The summed E-state index contributed by atoms with van der Waals surface area (Å²) in [6, 6.07) is 0. The van der Waals surface area contributed by atoms with Crippen LogP contribution in [0.25, 0.3) is 0 Å². The molecule has 0 heterocycles. The van der Waals surface area contributed by atoms with Crippen LogP contribution in [0.2, 0.25) is 0 Å². The van der Waals surface area contributed by atoms with Crippen molar-refractivity contribution in [3.05, 3.63) is 0 Å². The van der Waals surface area contributed by atoms with Crippen molar-refractivity contribution in [3.63, 3.8) is 0 Å². The molecule has 5 heteroatoms. The number of carbonyl (C=O) groups excluding carboxylic acids is 1. The molecule has 78 valence electrons. The summed E-state index contributed by atoms with van der Waals surface area (Å²) in [6.07, 6.45) is 0.343. The first-order valence-corrected chi connectivity index (χ1v) is 5.84. The lowest BCUT2D eigenvalue weighted by molar-refractivity contribution is -0.157. The number of aliphatic hydroxyl groups excluding tert-OH is 1. The van der Waals surface area contributed by atoms with Crippen LogP contribution < -0.4 is 0 Å². The zero-order chi connectivity index (χ0) is 10.4. The van der Waals surface area contributed by atoms with E-state index in [0.29, 0.717) is 5.75 Å². The number of hydrogen-bond donors (Lipinski definition) is 1. The predicted octanol–water partition coefficient (Wildman–Crippen LogP) is 0.0675. The Bertz CT molecular complexity index is 158. The second-order valence-corrected chi connectivity index (χ2v) is 4.62. The molecule has 0 aliphatic carbocycles. The fraction of sp³-hybridized carbons (Fsp3) is 0.875. The smallest absolute Gasteiger partial charge is 0.335 e. The van der Waals surface area contributed by atoms with Gasteiger partial charge in [0.2, 0.25) is 0 Å². The molecule has 0 saturated carbocycles. The van der Waals surface area contributed by atoms with Gasteiger partial charge in [-0.1, -0.05) is 11.2 Å². The van der Waals surface area contributed by atoms with Crippen LogP contribution in [0.1, 0.15) is 20.3 Å². The van der Waals surface area contributed by atoms with Gasteiger partial charge in [0.1, 0.15) is 5.75 Å². The van der Waals surface area contributed by atoms with Crippen LogP contribution in [0.4, 0.5) is 0 Å². The first-order chi connectivity index (χ1) is 5.93. The number of rotatable bonds is 5. The van der Waals surface area contributed by atoms with E-state index in [4.69, 9.17) is 4.74 Å². The molecule has 2 unspecified atom stereocenters. The van der Waals surface area contributed by atoms with E-state index in [1.165, 1.54) is 6.26 Å². The molecule has 0 radical (unpaired) electrons. The molecule has 0 aromatic heterocycles. The maximum absolute atomic E-state index is 11.0. The zero-order valence-corrected chi connectivity index (χ0v) is 8.97. The van der Waals surface area contributed by atoms with Crippen molar-refractivity contribution in [1.29, 1.82) is 0 Å². The van der Waals surface area contributed by atoms with Crippen molar-refractivity contribution in [2.24, 2.45) is 0 Å². The maximum Gasteiger partial charge on any atom is 0.335 e. The number of aliphatic hydroxyl groups is 1. The van der Waals surface area contributed by atoms with E-state index in [-0.39, 0.29) is 12.5 Å². The molecule has 13 heavy (non-hydrogen) atoms. The summed E-state index contributed by atoms with van der Waals surface area (Å²) >= 11 is -0.983. The Morgan fingerprint density at radius 3 is 2.54 bits per heavy atom.